The summed E-state index contributed by atoms with van der Waals surface area (Å²) in [6.45, 7) is 8.69. The fourth-order valence-corrected chi connectivity index (χ4v) is 2.06. The van der Waals surface area contributed by atoms with Gasteiger partial charge in [-0.2, -0.15) is 0 Å². The van der Waals surface area contributed by atoms with Gasteiger partial charge in [0, 0.05) is 12.3 Å². The Morgan fingerprint density at radius 3 is 2.60 bits per heavy atom. The maximum absolute atomic E-state index is 11.0. The average Bonchev–Trinajstić information content (AvgIpc) is 1.59. The maximum atomic E-state index is 11.0. The van der Waals surface area contributed by atoms with Crippen molar-refractivity contribution < 1.29 is 9.46 Å². The van der Waals surface area contributed by atoms with Crippen molar-refractivity contribution in [1.29, 1.82) is 0 Å². The lowest BCUT2D eigenvalue weighted by Crippen LogP contribution is -1.92. The lowest BCUT2D eigenvalue weighted by molar-refractivity contribution is 0.484. The molecule has 0 aliphatic heterocycles. The van der Waals surface area contributed by atoms with E-state index in [9.17, 15) is 4.57 Å². The van der Waals surface area contributed by atoms with Crippen molar-refractivity contribution in [2.45, 2.75) is 6.92 Å². The van der Waals surface area contributed by atoms with Crippen LogP contribution in [0, 0.1) is 0 Å². The van der Waals surface area contributed by atoms with Crippen LogP contribution in [0.25, 0.3) is 0 Å². The van der Waals surface area contributed by atoms with E-state index in [-0.39, 0.29) is 12.3 Å². The van der Waals surface area contributed by atoms with Gasteiger partial charge in [-0.05, 0) is 6.92 Å². The molecule has 0 aromatic heterocycles. The van der Waals surface area contributed by atoms with Crippen LogP contribution < -0.4 is 0 Å². The van der Waals surface area contributed by atoms with Gasteiger partial charge >= 0.3 is 0 Å². The molecule has 0 aromatic carbocycles. The lowest BCUT2D eigenvalue weighted by atomic mass is 10.4. The minimum atomic E-state index is -2.97. The highest BCUT2D eigenvalue weighted by Crippen LogP contribution is 2.41. The van der Waals surface area contributed by atoms with Gasteiger partial charge in [-0.3, -0.25) is 4.57 Å². The van der Waals surface area contributed by atoms with Crippen LogP contribution in [0.15, 0.2) is 24.8 Å². The molecule has 3 heteroatoms. The standard InChI is InChI=1S/C7H13O2P/c1-4-5-10(8,9)6-7(2)3/h4H,1-2,5-6H2,3H3,(H,8,9). The van der Waals surface area contributed by atoms with Crippen molar-refractivity contribution in [3.63, 3.8) is 0 Å². The smallest absolute Gasteiger partial charge is 0.208 e. The topological polar surface area (TPSA) is 37.3 Å². The molecule has 0 saturated carbocycles. The van der Waals surface area contributed by atoms with Crippen LogP contribution >= 0.6 is 7.37 Å². The third-order valence-corrected chi connectivity index (χ3v) is 2.79. The minimum Gasteiger partial charge on any atom is -0.344 e. The Labute approximate surface area is 61.7 Å². The SMILES string of the molecule is C=CCP(=O)(O)CC(=C)C. The van der Waals surface area contributed by atoms with E-state index in [1.807, 2.05) is 0 Å². The van der Waals surface area contributed by atoms with E-state index in [1.165, 1.54) is 6.08 Å². The number of hydrogen-bond acceptors (Lipinski definition) is 1. The van der Waals surface area contributed by atoms with Crippen LogP contribution in [-0.2, 0) is 4.57 Å². The summed E-state index contributed by atoms with van der Waals surface area (Å²) in [5.74, 6) is 0. The highest BCUT2D eigenvalue weighted by Gasteiger charge is 2.14. The van der Waals surface area contributed by atoms with E-state index in [4.69, 9.17) is 4.89 Å². The Balaban J connectivity index is 3.99. The summed E-state index contributed by atoms with van der Waals surface area (Å²) in [6.07, 6.45) is 1.85. The highest BCUT2D eigenvalue weighted by molar-refractivity contribution is 7.58. The summed E-state index contributed by atoms with van der Waals surface area (Å²) in [4.78, 5) is 9.11. The van der Waals surface area contributed by atoms with Crippen LogP contribution in [-0.4, -0.2) is 17.2 Å². The van der Waals surface area contributed by atoms with Crippen molar-refractivity contribution in [2.75, 3.05) is 12.3 Å². The molecule has 0 aliphatic rings. The first-order valence-electron chi connectivity index (χ1n) is 3.04. The Morgan fingerprint density at radius 1 is 1.80 bits per heavy atom. The molecule has 58 valence electrons. The second-order valence-corrected chi connectivity index (χ2v) is 4.81. The van der Waals surface area contributed by atoms with Crippen LogP contribution in [0.1, 0.15) is 6.92 Å². The van der Waals surface area contributed by atoms with E-state index in [1.54, 1.807) is 6.92 Å². The van der Waals surface area contributed by atoms with Crippen molar-refractivity contribution in [1.82, 2.24) is 0 Å². The van der Waals surface area contributed by atoms with Crippen LogP contribution in [0.4, 0.5) is 0 Å². The van der Waals surface area contributed by atoms with Gasteiger partial charge in [0.15, 0.2) is 0 Å². The van der Waals surface area contributed by atoms with Gasteiger partial charge in [-0.1, -0.05) is 18.2 Å². The first kappa shape index (κ1) is 9.67. The van der Waals surface area contributed by atoms with Gasteiger partial charge in [0.25, 0.3) is 0 Å². The van der Waals surface area contributed by atoms with E-state index in [0.717, 1.165) is 5.57 Å². The van der Waals surface area contributed by atoms with Gasteiger partial charge in [-0.25, -0.2) is 0 Å². The minimum absolute atomic E-state index is 0.180. The van der Waals surface area contributed by atoms with Crippen molar-refractivity contribution in [2.24, 2.45) is 0 Å². The zero-order chi connectivity index (χ0) is 8.20. The molecule has 0 spiro atoms. The molecule has 0 radical (unpaired) electrons. The molecule has 0 heterocycles. The van der Waals surface area contributed by atoms with Gasteiger partial charge in [0.2, 0.25) is 7.37 Å². The summed E-state index contributed by atoms with van der Waals surface area (Å²) in [7, 11) is -2.97. The molecule has 0 aliphatic carbocycles. The van der Waals surface area contributed by atoms with Crippen LogP contribution in [0.3, 0.4) is 0 Å². The summed E-state index contributed by atoms with van der Waals surface area (Å²) in [5.41, 5.74) is 0.743. The van der Waals surface area contributed by atoms with E-state index in [2.05, 4.69) is 13.2 Å². The predicted molar refractivity (Wildman–Crippen MR) is 44.6 cm³/mol. The summed E-state index contributed by atoms with van der Waals surface area (Å²) in [6, 6.07) is 0. The van der Waals surface area contributed by atoms with E-state index < -0.39 is 7.37 Å². The largest absolute Gasteiger partial charge is 0.344 e. The molecule has 1 atom stereocenters. The third-order valence-electron chi connectivity index (χ3n) is 0.931. The Hall–Kier alpha value is -0.330. The van der Waals surface area contributed by atoms with E-state index in [0.29, 0.717) is 0 Å². The molecule has 1 unspecified atom stereocenters. The molecular formula is C7H13O2P. The highest BCUT2D eigenvalue weighted by atomic mass is 31.2. The zero-order valence-corrected chi connectivity index (χ0v) is 7.10. The molecule has 0 fully saturated rings. The van der Waals surface area contributed by atoms with Crippen molar-refractivity contribution >= 4 is 7.37 Å². The summed E-state index contributed by atoms with van der Waals surface area (Å²) in [5, 5.41) is 0. The normalized spacial score (nSPS) is 15.8. The molecule has 2 nitrogen and oxygen atoms in total. The fourth-order valence-electron chi connectivity index (χ4n) is 0.688. The fraction of sp³-hybridized carbons (Fsp3) is 0.429. The second-order valence-electron chi connectivity index (χ2n) is 2.43. The first-order chi connectivity index (χ1) is 4.48. The molecule has 0 saturated heterocycles. The number of allylic oxidation sites excluding steroid dienone is 2. The average molecular weight is 160 g/mol. The van der Waals surface area contributed by atoms with Gasteiger partial charge in [-0.15, -0.1) is 6.58 Å². The predicted octanol–water partition coefficient (Wildman–Crippen LogP) is 2.02. The summed E-state index contributed by atoms with van der Waals surface area (Å²) >= 11 is 0. The molecule has 0 rings (SSSR count). The molecule has 0 aromatic rings. The first-order valence-corrected chi connectivity index (χ1v) is 5.07. The molecule has 1 N–H and O–H groups in total. The number of hydrogen-bond donors (Lipinski definition) is 1. The Bertz CT molecular complexity index is 184. The molecular weight excluding hydrogens is 147 g/mol. The van der Waals surface area contributed by atoms with Gasteiger partial charge < -0.3 is 4.89 Å². The molecule has 10 heavy (non-hydrogen) atoms. The Kier molecular flexibility index (Phi) is 3.62. The molecule has 0 bridgehead atoms. The second kappa shape index (κ2) is 3.75. The monoisotopic (exact) mass is 160 g/mol. The Morgan fingerprint density at radius 2 is 2.30 bits per heavy atom. The van der Waals surface area contributed by atoms with Crippen LogP contribution in [0.2, 0.25) is 0 Å². The van der Waals surface area contributed by atoms with Gasteiger partial charge in [0.05, 0.1) is 0 Å². The maximum Gasteiger partial charge on any atom is 0.208 e. The lowest BCUT2D eigenvalue weighted by Gasteiger charge is -2.07. The van der Waals surface area contributed by atoms with Crippen molar-refractivity contribution in [3.05, 3.63) is 24.8 Å². The zero-order valence-electron chi connectivity index (χ0n) is 6.21. The van der Waals surface area contributed by atoms with Gasteiger partial charge in [0.1, 0.15) is 0 Å². The van der Waals surface area contributed by atoms with E-state index >= 15 is 0 Å². The number of rotatable bonds is 4. The van der Waals surface area contributed by atoms with Crippen molar-refractivity contribution in [3.8, 4) is 0 Å². The summed E-state index contributed by atoms with van der Waals surface area (Å²) < 4.78 is 11.0. The quantitative estimate of drug-likeness (QED) is 0.504. The molecule has 0 amide bonds. The third kappa shape index (κ3) is 4.54. The van der Waals surface area contributed by atoms with Crippen LogP contribution in [0.5, 0.6) is 0 Å².